The summed E-state index contributed by atoms with van der Waals surface area (Å²) in [6.07, 6.45) is 0.542. The fourth-order valence-corrected chi connectivity index (χ4v) is 2.51. The highest BCUT2D eigenvalue weighted by atomic mass is 19.1. The molecule has 0 aromatic heterocycles. The SMILES string of the molecule is CN=C(C)c1cc(NC(=O)CCC(N)c2ccccc2F)ccc1N. The van der Waals surface area contributed by atoms with E-state index in [0.717, 1.165) is 11.3 Å². The molecule has 1 atom stereocenters. The summed E-state index contributed by atoms with van der Waals surface area (Å²) in [4.78, 5) is 16.3. The zero-order valence-electron chi connectivity index (χ0n) is 14.4. The van der Waals surface area contributed by atoms with Crippen molar-refractivity contribution in [3.05, 3.63) is 59.4 Å². The van der Waals surface area contributed by atoms with Gasteiger partial charge in [0.25, 0.3) is 0 Å². The number of halogens is 1. The molecule has 1 amide bonds. The second-order valence-electron chi connectivity index (χ2n) is 5.83. The zero-order valence-corrected chi connectivity index (χ0v) is 14.4. The van der Waals surface area contributed by atoms with E-state index < -0.39 is 6.04 Å². The van der Waals surface area contributed by atoms with Crippen molar-refractivity contribution in [3.8, 4) is 0 Å². The third kappa shape index (κ3) is 4.87. The molecule has 0 fully saturated rings. The third-order valence-electron chi connectivity index (χ3n) is 4.05. The van der Waals surface area contributed by atoms with Crippen LogP contribution in [0.3, 0.4) is 0 Å². The molecule has 25 heavy (non-hydrogen) atoms. The Labute approximate surface area is 146 Å². The average Bonchev–Trinajstić information content (AvgIpc) is 2.61. The van der Waals surface area contributed by atoms with Gasteiger partial charge in [0.1, 0.15) is 5.82 Å². The number of nitrogens with two attached hydrogens (primary N) is 2. The van der Waals surface area contributed by atoms with Crippen LogP contribution < -0.4 is 16.8 Å². The van der Waals surface area contributed by atoms with Crippen LogP contribution in [-0.2, 0) is 4.79 Å². The summed E-state index contributed by atoms with van der Waals surface area (Å²) in [5, 5.41) is 2.81. The number of aliphatic imine (C=N–C) groups is 1. The topological polar surface area (TPSA) is 93.5 Å². The molecule has 0 saturated heterocycles. The quantitative estimate of drug-likeness (QED) is 0.555. The molecule has 0 radical (unpaired) electrons. The number of nitrogens with zero attached hydrogens (tertiary/aromatic N) is 1. The molecule has 0 aliphatic rings. The maximum atomic E-state index is 13.7. The molecule has 5 N–H and O–H groups in total. The Morgan fingerprint density at radius 3 is 2.68 bits per heavy atom. The van der Waals surface area contributed by atoms with Gasteiger partial charge in [0.2, 0.25) is 5.91 Å². The minimum atomic E-state index is -0.525. The summed E-state index contributed by atoms with van der Waals surface area (Å²) in [6, 6.07) is 11.1. The van der Waals surface area contributed by atoms with Gasteiger partial charge in [0.05, 0.1) is 0 Å². The van der Waals surface area contributed by atoms with Crippen molar-refractivity contribution in [2.45, 2.75) is 25.8 Å². The standard InChI is InChI=1S/C19H23FN4O/c1-12(23-2)15-11-13(7-8-18(15)22)24-19(25)10-9-17(21)14-5-3-4-6-16(14)20/h3-8,11,17H,9-10,21-22H2,1-2H3,(H,24,25). The monoisotopic (exact) mass is 342 g/mol. The normalized spacial score (nSPS) is 12.7. The van der Waals surface area contributed by atoms with E-state index in [4.69, 9.17) is 11.5 Å². The van der Waals surface area contributed by atoms with E-state index in [1.54, 1.807) is 43.4 Å². The van der Waals surface area contributed by atoms with Crippen molar-refractivity contribution in [1.82, 2.24) is 0 Å². The largest absolute Gasteiger partial charge is 0.398 e. The molecule has 0 heterocycles. The van der Waals surface area contributed by atoms with Crippen LogP contribution in [0.4, 0.5) is 15.8 Å². The highest BCUT2D eigenvalue weighted by Crippen LogP contribution is 2.21. The lowest BCUT2D eigenvalue weighted by Gasteiger charge is -2.13. The second kappa shape index (κ2) is 8.39. The Morgan fingerprint density at radius 2 is 2.00 bits per heavy atom. The Kier molecular flexibility index (Phi) is 6.25. The van der Waals surface area contributed by atoms with Gasteiger partial charge in [0, 0.05) is 47.7 Å². The van der Waals surface area contributed by atoms with Crippen LogP contribution in [0, 0.1) is 5.82 Å². The molecular weight excluding hydrogens is 319 g/mol. The molecule has 2 aromatic rings. The molecular formula is C19H23FN4O. The first-order valence-corrected chi connectivity index (χ1v) is 8.05. The lowest BCUT2D eigenvalue weighted by molar-refractivity contribution is -0.116. The fraction of sp³-hybridized carbons (Fsp3) is 0.263. The molecule has 2 aromatic carbocycles. The number of anilines is 2. The molecule has 6 heteroatoms. The molecule has 5 nitrogen and oxygen atoms in total. The minimum Gasteiger partial charge on any atom is -0.398 e. The molecule has 2 rings (SSSR count). The summed E-state index contributed by atoms with van der Waals surface area (Å²) in [5.74, 6) is -0.540. The van der Waals surface area contributed by atoms with Crippen LogP contribution in [0.5, 0.6) is 0 Å². The van der Waals surface area contributed by atoms with Gasteiger partial charge in [0.15, 0.2) is 0 Å². The smallest absolute Gasteiger partial charge is 0.224 e. The lowest BCUT2D eigenvalue weighted by atomic mass is 10.0. The number of carbonyl (C=O) groups excluding carboxylic acids is 1. The number of nitrogen functional groups attached to an aromatic ring is 1. The van der Waals surface area contributed by atoms with Crippen molar-refractivity contribution in [2.24, 2.45) is 10.7 Å². The van der Waals surface area contributed by atoms with Crippen molar-refractivity contribution < 1.29 is 9.18 Å². The van der Waals surface area contributed by atoms with Gasteiger partial charge in [-0.25, -0.2) is 4.39 Å². The Bertz CT molecular complexity index is 789. The molecule has 0 saturated carbocycles. The number of amides is 1. The van der Waals surface area contributed by atoms with Crippen molar-refractivity contribution in [3.63, 3.8) is 0 Å². The van der Waals surface area contributed by atoms with E-state index in [-0.39, 0.29) is 18.1 Å². The van der Waals surface area contributed by atoms with Gasteiger partial charge in [-0.3, -0.25) is 9.79 Å². The number of nitrogens with one attached hydrogen (secondary N) is 1. The zero-order chi connectivity index (χ0) is 18.4. The molecule has 1 unspecified atom stereocenters. The van der Waals surface area contributed by atoms with E-state index in [9.17, 15) is 9.18 Å². The number of rotatable bonds is 6. The van der Waals surface area contributed by atoms with Crippen molar-refractivity contribution in [1.29, 1.82) is 0 Å². The van der Waals surface area contributed by atoms with Crippen LogP contribution in [0.25, 0.3) is 0 Å². The third-order valence-corrected chi connectivity index (χ3v) is 4.05. The molecule has 0 bridgehead atoms. The maximum Gasteiger partial charge on any atom is 0.224 e. The second-order valence-corrected chi connectivity index (χ2v) is 5.83. The highest BCUT2D eigenvalue weighted by molar-refractivity contribution is 6.04. The lowest BCUT2D eigenvalue weighted by Crippen LogP contribution is -2.17. The first-order chi connectivity index (χ1) is 11.9. The predicted octanol–water partition coefficient (Wildman–Crippen LogP) is 3.27. The molecule has 132 valence electrons. The highest BCUT2D eigenvalue weighted by Gasteiger charge is 2.13. The summed E-state index contributed by atoms with van der Waals surface area (Å²) < 4.78 is 13.7. The van der Waals surface area contributed by atoms with Gasteiger partial charge >= 0.3 is 0 Å². The van der Waals surface area contributed by atoms with Crippen LogP contribution in [0.1, 0.15) is 36.9 Å². The summed E-state index contributed by atoms with van der Waals surface area (Å²) in [5.41, 5.74) is 15.1. The van der Waals surface area contributed by atoms with Crippen LogP contribution in [0.15, 0.2) is 47.5 Å². The van der Waals surface area contributed by atoms with Crippen LogP contribution >= 0.6 is 0 Å². The number of benzene rings is 2. The van der Waals surface area contributed by atoms with Crippen molar-refractivity contribution >= 4 is 23.0 Å². The predicted molar refractivity (Wildman–Crippen MR) is 100 cm³/mol. The van der Waals surface area contributed by atoms with Gasteiger partial charge < -0.3 is 16.8 Å². The van der Waals surface area contributed by atoms with Gasteiger partial charge in [-0.2, -0.15) is 0 Å². The fourth-order valence-electron chi connectivity index (χ4n) is 2.51. The summed E-state index contributed by atoms with van der Waals surface area (Å²) >= 11 is 0. The Balaban J connectivity index is 1.98. The Hall–Kier alpha value is -2.73. The number of carbonyl (C=O) groups is 1. The maximum absolute atomic E-state index is 13.7. The first-order valence-electron chi connectivity index (χ1n) is 8.05. The van der Waals surface area contributed by atoms with E-state index in [0.29, 0.717) is 23.4 Å². The number of hydrogen-bond donors (Lipinski definition) is 3. The molecule has 0 spiro atoms. The van der Waals surface area contributed by atoms with Gasteiger partial charge in [-0.15, -0.1) is 0 Å². The van der Waals surface area contributed by atoms with E-state index in [2.05, 4.69) is 10.3 Å². The van der Waals surface area contributed by atoms with E-state index in [1.807, 2.05) is 6.92 Å². The summed E-state index contributed by atoms with van der Waals surface area (Å²) in [6.45, 7) is 1.85. The van der Waals surface area contributed by atoms with Crippen molar-refractivity contribution in [2.75, 3.05) is 18.1 Å². The molecule has 0 aliphatic heterocycles. The van der Waals surface area contributed by atoms with Gasteiger partial charge in [-0.1, -0.05) is 18.2 Å². The van der Waals surface area contributed by atoms with E-state index in [1.165, 1.54) is 6.07 Å². The van der Waals surface area contributed by atoms with Crippen LogP contribution in [-0.4, -0.2) is 18.7 Å². The average molecular weight is 342 g/mol. The summed E-state index contributed by atoms with van der Waals surface area (Å²) in [7, 11) is 1.68. The van der Waals surface area contributed by atoms with Gasteiger partial charge in [-0.05, 0) is 37.6 Å². The van der Waals surface area contributed by atoms with Crippen LogP contribution in [0.2, 0.25) is 0 Å². The minimum absolute atomic E-state index is 0.186. The first kappa shape index (κ1) is 18.6. The Morgan fingerprint density at radius 1 is 1.28 bits per heavy atom. The van der Waals surface area contributed by atoms with E-state index >= 15 is 0 Å². The molecule has 0 aliphatic carbocycles. The number of hydrogen-bond acceptors (Lipinski definition) is 4.